The van der Waals surface area contributed by atoms with Crippen molar-refractivity contribution in [3.63, 3.8) is 0 Å². The molecule has 2 rings (SSSR count). The number of carbonyl (C=O) groups excluding carboxylic acids is 1. The average molecular weight is 279 g/mol. The van der Waals surface area contributed by atoms with Crippen LogP contribution in [0.15, 0.2) is 12.4 Å². The van der Waals surface area contributed by atoms with Crippen molar-refractivity contribution in [2.75, 3.05) is 26.7 Å². The molecule has 1 aliphatic rings. The lowest BCUT2D eigenvalue weighted by Gasteiger charge is -2.31. The van der Waals surface area contributed by atoms with Crippen molar-refractivity contribution < 1.29 is 4.79 Å². The van der Waals surface area contributed by atoms with Crippen molar-refractivity contribution in [2.45, 2.75) is 38.3 Å². The molecule has 1 saturated heterocycles. The number of hydrogen-bond donors (Lipinski definition) is 2. The lowest BCUT2D eigenvalue weighted by atomic mass is 10.0. The second kappa shape index (κ2) is 7.40. The zero-order valence-electron chi connectivity index (χ0n) is 12.2. The Morgan fingerprint density at radius 1 is 1.50 bits per heavy atom. The predicted octanol–water partition coefficient (Wildman–Crippen LogP) is -0.0152. The van der Waals surface area contributed by atoms with Gasteiger partial charge in [-0.1, -0.05) is 0 Å². The molecule has 3 N–H and O–H groups in total. The highest BCUT2D eigenvalue weighted by molar-refractivity contribution is 5.76. The number of likely N-dealkylation sites (tertiary alicyclic amines) is 1. The van der Waals surface area contributed by atoms with Crippen LogP contribution in [0.5, 0.6) is 0 Å². The molecule has 1 fully saturated rings. The Kier molecular flexibility index (Phi) is 5.55. The van der Waals surface area contributed by atoms with Crippen LogP contribution in [0.1, 0.15) is 25.1 Å². The Balaban J connectivity index is 1.79. The first-order chi connectivity index (χ1) is 9.74. The summed E-state index contributed by atoms with van der Waals surface area (Å²) in [6.45, 7) is 3.08. The first-order valence-corrected chi connectivity index (χ1v) is 7.39. The van der Waals surface area contributed by atoms with Crippen molar-refractivity contribution in [1.29, 1.82) is 0 Å². The third kappa shape index (κ3) is 3.80. The van der Waals surface area contributed by atoms with Crippen LogP contribution in [0.4, 0.5) is 0 Å². The van der Waals surface area contributed by atoms with Gasteiger partial charge in [-0.25, -0.2) is 4.98 Å². The summed E-state index contributed by atoms with van der Waals surface area (Å²) in [5.41, 5.74) is 5.56. The van der Waals surface area contributed by atoms with E-state index in [1.807, 2.05) is 22.7 Å². The summed E-state index contributed by atoms with van der Waals surface area (Å²) in [5.74, 6) is 1.19. The molecule has 6 nitrogen and oxygen atoms in total. The second-order valence-electron chi connectivity index (χ2n) is 5.27. The predicted molar refractivity (Wildman–Crippen MR) is 78.3 cm³/mol. The molecule has 0 atom stereocenters. The van der Waals surface area contributed by atoms with Crippen molar-refractivity contribution in [2.24, 2.45) is 5.73 Å². The van der Waals surface area contributed by atoms with Crippen LogP contribution in [0, 0.1) is 0 Å². The summed E-state index contributed by atoms with van der Waals surface area (Å²) >= 11 is 0. The van der Waals surface area contributed by atoms with E-state index >= 15 is 0 Å². The maximum atomic E-state index is 12.2. The molecule has 2 heterocycles. The number of nitrogens with two attached hydrogens (primary N) is 1. The van der Waals surface area contributed by atoms with E-state index in [2.05, 4.69) is 10.3 Å². The number of rotatable bonds is 6. The normalized spacial score (nSPS) is 16.6. The van der Waals surface area contributed by atoms with Crippen LogP contribution in [0.25, 0.3) is 0 Å². The van der Waals surface area contributed by atoms with Gasteiger partial charge in [-0.05, 0) is 19.9 Å². The summed E-state index contributed by atoms with van der Waals surface area (Å²) in [5, 5.41) is 3.28. The van der Waals surface area contributed by atoms with Crippen LogP contribution in [-0.2, 0) is 17.8 Å². The Morgan fingerprint density at radius 3 is 2.90 bits per heavy atom. The molecule has 112 valence electrons. The fraction of sp³-hybridized carbons (Fsp3) is 0.714. The van der Waals surface area contributed by atoms with Gasteiger partial charge in [0.1, 0.15) is 5.82 Å². The fourth-order valence-electron chi connectivity index (χ4n) is 2.71. The molecule has 1 aromatic heterocycles. The standard InChI is InChI=1S/C14H25N5O/c1-16-12-4-8-19(9-5-12)14(20)3-2-13-17-7-11-18(13)10-6-15/h7,11-12,16H,2-6,8-10,15H2,1H3. The Hall–Kier alpha value is -1.40. The number of aryl methyl sites for hydroxylation is 1. The average Bonchev–Trinajstić information content (AvgIpc) is 2.92. The summed E-state index contributed by atoms with van der Waals surface area (Å²) in [6.07, 6.45) is 7.01. The molecule has 0 spiro atoms. The molecule has 0 aromatic carbocycles. The first kappa shape index (κ1) is 15.0. The number of aromatic nitrogens is 2. The number of nitrogens with one attached hydrogen (secondary N) is 1. The number of carbonyl (C=O) groups is 1. The molecular weight excluding hydrogens is 254 g/mol. The summed E-state index contributed by atoms with van der Waals surface area (Å²) in [4.78, 5) is 18.5. The van der Waals surface area contributed by atoms with Gasteiger partial charge in [-0.2, -0.15) is 0 Å². The Morgan fingerprint density at radius 2 is 2.25 bits per heavy atom. The van der Waals surface area contributed by atoms with Crippen LogP contribution in [-0.4, -0.2) is 53.1 Å². The number of nitrogens with zero attached hydrogens (tertiary/aromatic N) is 3. The third-order valence-electron chi connectivity index (χ3n) is 3.99. The molecule has 20 heavy (non-hydrogen) atoms. The number of piperidine rings is 1. The summed E-state index contributed by atoms with van der Waals surface area (Å²) in [6, 6.07) is 0.558. The van der Waals surface area contributed by atoms with Gasteiger partial charge >= 0.3 is 0 Å². The highest BCUT2D eigenvalue weighted by Gasteiger charge is 2.21. The number of hydrogen-bond acceptors (Lipinski definition) is 4. The smallest absolute Gasteiger partial charge is 0.223 e. The molecule has 6 heteroatoms. The third-order valence-corrected chi connectivity index (χ3v) is 3.99. The van der Waals surface area contributed by atoms with E-state index in [-0.39, 0.29) is 5.91 Å². The SMILES string of the molecule is CNC1CCN(C(=O)CCc2nccn2CCN)CC1. The van der Waals surface area contributed by atoms with E-state index < -0.39 is 0 Å². The van der Waals surface area contributed by atoms with Crippen LogP contribution >= 0.6 is 0 Å². The summed E-state index contributed by atoms with van der Waals surface area (Å²) in [7, 11) is 1.99. The van der Waals surface area contributed by atoms with E-state index in [0.29, 0.717) is 25.4 Å². The zero-order valence-corrected chi connectivity index (χ0v) is 12.2. The van der Waals surface area contributed by atoms with E-state index in [1.54, 1.807) is 6.20 Å². The van der Waals surface area contributed by atoms with Crippen LogP contribution in [0.2, 0.25) is 0 Å². The lowest BCUT2D eigenvalue weighted by Crippen LogP contribution is -2.44. The van der Waals surface area contributed by atoms with Crippen molar-refractivity contribution in [3.05, 3.63) is 18.2 Å². The molecule has 0 saturated carbocycles. The molecule has 0 radical (unpaired) electrons. The van der Waals surface area contributed by atoms with Gasteiger partial charge in [0.15, 0.2) is 0 Å². The van der Waals surface area contributed by atoms with Gasteiger partial charge in [0.05, 0.1) is 0 Å². The largest absolute Gasteiger partial charge is 0.343 e. The Bertz CT molecular complexity index is 423. The Labute approximate surface area is 120 Å². The lowest BCUT2D eigenvalue weighted by molar-refractivity contribution is -0.132. The highest BCUT2D eigenvalue weighted by Crippen LogP contribution is 2.12. The molecule has 1 aliphatic heterocycles. The summed E-state index contributed by atoms with van der Waals surface area (Å²) < 4.78 is 2.03. The van der Waals surface area contributed by atoms with Crippen molar-refractivity contribution in [3.8, 4) is 0 Å². The molecule has 0 aliphatic carbocycles. The van der Waals surface area contributed by atoms with E-state index in [9.17, 15) is 4.79 Å². The first-order valence-electron chi connectivity index (χ1n) is 7.39. The van der Waals surface area contributed by atoms with E-state index in [0.717, 1.165) is 38.3 Å². The monoisotopic (exact) mass is 279 g/mol. The van der Waals surface area contributed by atoms with Crippen LogP contribution < -0.4 is 11.1 Å². The highest BCUT2D eigenvalue weighted by atomic mass is 16.2. The molecular formula is C14H25N5O. The second-order valence-corrected chi connectivity index (χ2v) is 5.27. The van der Waals surface area contributed by atoms with Gasteiger partial charge < -0.3 is 20.5 Å². The van der Waals surface area contributed by atoms with Gasteiger partial charge in [-0.15, -0.1) is 0 Å². The topological polar surface area (TPSA) is 76.2 Å². The van der Waals surface area contributed by atoms with Gasteiger partial charge in [0.2, 0.25) is 5.91 Å². The van der Waals surface area contributed by atoms with Gasteiger partial charge in [0.25, 0.3) is 0 Å². The fourth-order valence-corrected chi connectivity index (χ4v) is 2.71. The van der Waals surface area contributed by atoms with Crippen molar-refractivity contribution >= 4 is 5.91 Å². The van der Waals surface area contributed by atoms with Crippen LogP contribution in [0.3, 0.4) is 0 Å². The molecule has 1 aromatic rings. The quantitative estimate of drug-likeness (QED) is 0.767. The maximum absolute atomic E-state index is 12.2. The minimum atomic E-state index is 0.238. The van der Waals surface area contributed by atoms with E-state index in [4.69, 9.17) is 5.73 Å². The van der Waals surface area contributed by atoms with Crippen molar-refractivity contribution in [1.82, 2.24) is 19.8 Å². The molecule has 0 bridgehead atoms. The zero-order chi connectivity index (χ0) is 14.4. The number of imidazole rings is 1. The molecule has 0 unspecified atom stereocenters. The van der Waals surface area contributed by atoms with Gasteiger partial charge in [-0.3, -0.25) is 4.79 Å². The maximum Gasteiger partial charge on any atom is 0.223 e. The van der Waals surface area contributed by atoms with Gasteiger partial charge in [0, 0.05) is 57.5 Å². The minimum absolute atomic E-state index is 0.238. The minimum Gasteiger partial charge on any atom is -0.343 e. The molecule has 1 amide bonds. The number of amides is 1. The van der Waals surface area contributed by atoms with E-state index in [1.165, 1.54) is 0 Å².